The maximum absolute atomic E-state index is 12.9. The van der Waals surface area contributed by atoms with Crippen molar-refractivity contribution >= 4 is 28.6 Å². The van der Waals surface area contributed by atoms with E-state index in [9.17, 15) is 4.79 Å². The maximum atomic E-state index is 12.9. The van der Waals surface area contributed by atoms with E-state index in [1.807, 2.05) is 46.0 Å². The van der Waals surface area contributed by atoms with Gasteiger partial charge in [0.2, 0.25) is 0 Å². The molecule has 1 aliphatic heterocycles. The van der Waals surface area contributed by atoms with Gasteiger partial charge in [-0.2, -0.15) is 16.6 Å². The average Bonchev–Trinajstić information content (AvgIpc) is 3.37. The van der Waals surface area contributed by atoms with Gasteiger partial charge in [-0.25, -0.2) is 4.98 Å². The molecule has 0 radical (unpaired) electrons. The molecule has 28 heavy (non-hydrogen) atoms. The van der Waals surface area contributed by atoms with Crippen molar-refractivity contribution < 1.29 is 4.79 Å². The van der Waals surface area contributed by atoms with Crippen molar-refractivity contribution in [2.24, 2.45) is 0 Å². The molecule has 1 aliphatic rings. The van der Waals surface area contributed by atoms with Crippen LogP contribution in [0.1, 0.15) is 28.0 Å². The summed E-state index contributed by atoms with van der Waals surface area (Å²) in [5.74, 6) is 0.0259. The van der Waals surface area contributed by atoms with Gasteiger partial charge in [0.25, 0.3) is 5.91 Å². The summed E-state index contributed by atoms with van der Waals surface area (Å²) in [5, 5.41) is 15.8. The Morgan fingerprint density at radius 1 is 1.11 bits per heavy atom. The molecule has 1 saturated heterocycles. The third-order valence-corrected chi connectivity index (χ3v) is 6.43. The second-order valence-electron chi connectivity index (χ2n) is 6.78. The molecular weight excluding hydrogens is 388 g/mol. The fourth-order valence-corrected chi connectivity index (χ4v) is 4.83. The summed E-state index contributed by atoms with van der Waals surface area (Å²) in [5.41, 5.74) is 3.51. The number of thiazole rings is 1. The number of nitrogens with zero attached hydrogens (tertiary/aromatic N) is 4. The molecule has 1 fully saturated rings. The number of carbonyl (C=O) groups is 1. The number of hydrogen-bond acceptors (Lipinski definition) is 6. The molecule has 142 valence electrons. The van der Waals surface area contributed by atoms with Crippen LogP contribution in [0, 0.1) is 11.3 Å². The molecule has 4 rings (SSSR count). The Morgan fingerprint density at radius 2 is 1.96 bits per heavy atom. The number of aromatic nitrogens is 1. The molecule has 1 amide bonds. The van der Waals surface area contributed by atoms with Gasteiger partial charge < -0.3 is 4.90 Å². The normalized spacial score (nSPS) is 15.2. The quantitative estimate of drug-likeness (QED) is 0.652. The Balaban J connectivity index is 1.37. The lowest BCUT2D eigenvalue weighted by Crippen LogP contribution is -2.35. The third-order valence-electron chi connectivity index (χ3n) is 4.86. The topological polar surface area (TPSA) is 60.2 Å². The monoisotopic (exact) mass is 408 g/mol. The van der Waals surface area contributed by atoms with E-state index in [1.54, 1.807) is 11.3 Å². The lowest BCUT2D eigenvalue weighted by Gasteiger charge is -2.21. The van der Waals surface area contributed by atoms with Crippen LogP contribution >= 0.6 is 22.7 Å². The van der Waals surface area contributed by atoms with Crippen LogP contribution in [0.5, 0.6) is 0 Å². The molecule has 0 saturated carbocycles. The Bertz CT molecular complexity index is 973. The standard InChI is InChI=1S/C21H20N4OS2/c22-12-16-2-4-17(5-3-16)13-24-7-1-8-25(10-9-24)21(26)19-15-28-20(23-19)18-6-11-27-14-18/h2-6,11,14-15H,1,7-10,13H2. The van der Waals surface area contributed by atoms with Crippen molar-refractivity contribution in [2.45, 2.75) is 13.0 Å². The highest BCUT2D eigenvalue weighted by molar-refractivity contribution is 7.14. The van der Waals surface area contributed by atoms with Gasteiger partial charge >= 0.3 is 0 Å². The van der Waals surface area contributed by atoms with E-state index in [0.717, 1.165) is 43.2 Å². The Labute approximate surface area is 172 Å². The zero-order valence-electron chi connectivity index (χ0n) is 15.4. The second kappa shape index (κ2) is 8.65. The van der Waals surface area contributed by atoms with Crippen LogP contribution in [0.3, 0.4) is 0 Å². The Morgan fingerprint density at radius 3 is 2.71 bits per heavy atom. The zero-order valence-corrected chi connectivity index (χ0v) is 17.0. The summed E-state index contributed by atoms with van der Waals surface area (Å²) in [4.78, 5) is 21.7. The van der Waals surface area contributed by atoms with Gasteiger partial charge in [-0.15, -0.1) is 11.3 Å². The number of thiophene rings is 1. The van der Waals surface area contributed by atoms with Crippen molar-refractivity contribution in [3.05, 3.63) is 63.3 Å². The molecule has 3 aromatic rings. The van der Waals surface area contributed by atoms with Crippen molar-refractivity contribution in [3.63, 3.8) is 0 Å². The molecule has 7 heteroatoms. The third kappa shape index (κ3) is 4.30. The van der Waals surface area contributed by atoms with Crippen LogP contribution in [0.4, 0.5) is 0 Å². The van der Waals surface area contributed by atoms with Gasteiger partial charge in [0.15, 0.2) is 0 Å². The van der Waals surface area contributed by atoms with Crippen LogP contribution in [-0.2, 0) is 6.54 Å². The molecule has 2 aromatic heterocycles. The van der Waals surface area contributed by atoms with E-state index in [4.69, 9.17) is 5.26 Å². The first-order valence-corrected chi connectivity index (χ1v) is 11.0. The van der Waals surface area contributed by atoms with Gasteiger partial charge in [0.05, 0.1) is 11.6 Å². The summed E-state index contributed by atoms with van der Waals surface area (Å²) >= 11 is 3.16. The van der Waals surface area contributed by atoms with Gasteiger partial charge in [-0.05, 0) is 35.6 Å². The number of amides is 1. The van der Waals surface area contributed by atoms with E-state index >= 15 is 0 Å². The number of hydrogen-bond donors (Lipinski definition) is 0. The minimum absolute atomic E-state index is 0.0259. The number of nitriles is 1. The molecule has 5 nitrogen and oxygen atoms in total. The molecular formula is C21H20N4OS2. The first-order chi connectivity index (χ1) is 13.7. The molecule has 3 heterocycles. The fraction of sp³-hybridized carbons (Fsp3) is 0.286. The van der Waals surface area contributed by atoms with Crippen LogP contribution in [-0.4, -0.2) is 46.9 Å². The summed E-state index contributed by atoms with van der Waals surface area (Å²) in [7, 11) is 0. The molecule has 0 N–H and O–H groups in total. The summed E-state index contributed by atoms with van der Waals surface area (Å²) < 4.78 is 0. The lowest BCUT2D eigenvalue weighted by molar-refractivity contribution is 0.0756. The fourth-order valence-electron chi connectivity index (χ4n) is 3.33. The molecule has 0 aliphatic carbocycles. The van der Waals surface area contributed by atoms with Crippen LogP contribution < -0.4 is 0 Å². The number of carbonyl (C=O) groups excluding carboxylic acids is 1. The van der Waals surface area contributed by atoms with E-state index in [1.165, 1.54) is 16.9 Å². The second-order valence-corrected chi connectivity index (χ2v) is 8.42. The number of rotatable bonds is 4. The minimum Gasteiger partial charge on any atom is -0.336 e. The minimum atomic E-state index is 0.0259. The van der Waals surface area contributed by atoms with E-state index in [2.05, 4.69) is 21.3 Å². The maximum Gasteiger partial charge on any atom is 0.273 e. The van der Waals surface area contributed by atoms with Gasteiger partial charge in [-0.3, -0.25) is 9.69 Å². The molecule has 0 unspecified atom stereocenters. The van der Waals surface area contributed by atoms with E-state index < -0.39 is 0 Å². The Kier molecular flexibility index (Phi) is 5.81. The smallest absolute Gasteiger partial charge is 0.273 e. The average molecular weight is 409 g/mol. The summed E-state index contributed by atoms with van der Waals surface area (Å²) in [6.45, 7) is 4.11. The predicted octanol–water partition coefficient (Wildman–Crippen LogP) is 4.09. The van der Waals surface area contributed by atoms with Crippen molar-refractivity contribution in [3.8, 4) is 16.6 Å². The van der Waals surface area contributed by atoms with Crippen LogP contribution in [0.15, 0.2) is 46.5 Å². The van der Waals surface area contributed by atoms with Crippen molar-refractivity contribution in [2.75, 3.05) is 26.2 Å². The van der Waals surface area contributed by atoms with Gasteiger partial charge in [0, 0.05) is 49.0 Å². The largest absolute Gasteiger partial charge is 0.336 e. The lowest BCUT2D eigenvalue weighted by atomic mass is 10.1. The Hall–Kier alpha value is -2.53. The van der Waals surface area contributed by atoms with Crippen LogP contribution in [0.25, 0.3) is 10.6 Å². The molecule has 0 bridgehead atoms. The van der Waals surface area contributed by atoms with Gasteiger partial charge in [0.1, 0.15) is 10.7 Å². The molecule has 0 spiro atoms. The van der Waals surface area contributed by atoms with Crippen molar-refractivity contribution in [1.82, 2.24) is 14.8 Å². The first kappa shape index (κ1) is 18.8. The van der Waals surface area contributed by atoms with Crippen molar-refractivity contribution in [1.29, 1.82) is 5.26 Å². The number of benzene rings is 1. The molecule has 0 atom stereocenters. The zero-order chi connectivity index (χ0) is 19.3. The van der Waals surface area contributed by atoms with Crippen LogP contribution in [0.2, 0.25) is 0 Å². The summed E-state index contributed by atoms with van der Waals surface area (Å²) in [6.07, 6.45) is 0.948. The predicted molar refractivity (Wildman–Crippen MR) is 112 cm³/mol. The first-order valence-electron chi connectivity index (χ1n) is 9.22. The highest BCUT2D eigenvalue weighted by Crippen LogP contribution is 2.26. The highest BCUT2D eigenvalue weighted by Gasteiger charge is 2.22. The molecule has 1 aromatic carbocycles. The summed E-state index contributed by atoms with van der Waals surface area (Å²) in [6, 6.07) is 11.9. The highest BCUT2D eigenvalue weighted by atomic mass is 32.1. The van der Waals surface area contributed by atoms with Gasteiger partial charge in [-0.1, -0.05) is 12.1 Å². The SMILES string of the molecule is N#Cc1ccc(CN2CCCN(C(=O)c3csc(-c4ccsc4)n3)CC2)cc1. The van der Waals surface area contributed by atoms with E-state index in [0.29, 0.717) is 17.8 Å². The van der Waals surface area contributed by atoms with E-state index in [-0.39, 0.29) is 5.91 Å².